The van der Waals surface area contributed by atoms with Gasteiger partial charge in [-0.05, 0) is 24.3 Å². The SMILES string of the molecule is O=C1C[C@@H](N2CCSCC2)C(=O)N1c1ccc(Br)cc1. The highest BCUT2D eigenvalue weighted by Gasteiger charge is 2.42. The van der Waals surface area contributed by atoms with E-state index >= 15 is 0 Å². The van der Waals surface area contributed by atoms with Crippen LogP contribution < -0.4 is 4.90 Å². The molecule has 0 aliphatic carbocycles. The zero-order valence-electron chi connectivity index (χ0n) is 10.9. The number of nitrogens with zero attached hydrogens (tertiary/aromatic N) is 2. The van der Waals surface area contributed by atoms with E-state index in [4.69, 9.17) is 0 Å². The van der Waals surface area contributed by atoms with Crippen molar-refractivity contribution in [3.05, 3.63) is 28.7 Å². The summed E-state index contributed by atoms with van der Waals surface area (Å²) in [6.07, 6.45) is 0.305. The fourth-order valence-corrected chi connectivity index (χ4v) is 3.85. The van der Waals surface area contributed by atoms with Gasteiger partial charge in [0.05, 0.1) is 18.2 Å². The Bertz CT molecular complexity index is 528. The molecule has 1 atom stereocenters. The number of amides is 2. The van der Waals surface area contributed by atoms with Crippen LogP contribution in [0, 0.1) is 0 Å². The number of hydrogen-bond acceptors (Lipinski definition) is 4. The summed E-state index contributed by atoms with van der Waals surface area (Å²) in [6.45, 7) is 1.78. The van der Waals surface area contributed by atoms with Crippen molar-refractivity contribution < 1.29 is 9.59 Å². The van der Waals surface area contributed by atoms with E-state index in [1.807, 2.05) is 23.9 Å². The maximum atomic E-state index is 12.5. The quantitative estimate of drug-likeness (QED) is 0.763. The lowest BCUT2D eigenvalue weighted by Crippen LogP contribution is -2.45. The number of carbonyl (C=O) groups is 2. The van der Waals surface area contributed by atoms with Crippen LogP contribution in [-0.2, 0) is 9.59 Å². The van der Waals surface area contributed by atoms with Gasteiger partial charge < -0.3 is 0 Å². The molecule has 0 radical (unpaired) electrons. The van der Waals surface area contributed by atoms with Crippen LogP contribution in [0.15, 0.2) is 28.7 Å². The van der Waals surface area contributed by atoms with Crippen LogP contribution in [0.3, 0.4) is 0 Å². The molecule has 0 N–H and O–H groups in total. The molecule has 0 aromatic heterocycles. The van der Waals surface area contributed by atoms with Gasteiger partial charge in [-0.1, -0.05) is 15.9 Å². The van der Waals surface area contributed by atoms with Crippen LogP contribution in [0.4, 0.5) is 5.69 Å². The maximum Gasteiger partial charge on any atom is 0.251 e. The van der Waals surface area contributed by atoms with Crippen LogP contribution in [0.5, 0.6) is 0 Å². The van der Waals surface area contributed by atoms with Crippen molar-refractivity contribution in [3.63, 3.8) is 0 Å². The molecule has 1 aromatic carbocycles. The highest BCUT2D eigenvalue weighted by atomic mass is 79.9. The molecule has 2 aliphatic rings. The number of rotatable bonds is 2. The van der Waals surface area contributed by atoms with Gasteiger partial charge in [0.25, 0.3) is 5.91 Å². The molecular weight excluding hydrogens is 340 g/mol. The molecule has 2 amide bonds. The van der Waals surface area contributed by atoms with Crippen LogP contribution in [0.1, 0.15) is 6.42 Å². The third kappa shape index (κ3) is 2.64. The molecule has 2 aliphatic heterocycles. The number of thioether (sulfide) groups is 1. The first-order valence-corrected chi connectivity index (χ1v) is 8.56. The molecule has 0 bridgehead atoms. The summed E-state index contributed by atoms with van der Waals surface area (Å²) in [5.74, 6) is 1.90. The summed E-state index contributed by atoms with van der Waals surface area (Å²) in [6, 6.07) is 7.02. The molecule has 0 saturated carbocycles. The van der Waals surface area contributed by atoms with Crippen molar-refractivity contribution in [2.45, 2.75) is 12.5 Å². The van der Waals surface area contributed by atoms with Gasteiger partial charge in [-0.15, -0.1) is 0 Å². The molecule has 6 heteroatoms. The molecule has 3 rings (SSSR count). The summed E-state index contributed by atoms with van der Waals surface area (Å²) in [4.78, 5) is 28.2. The molecule has 2 saturated heterocycles. The van der Waals surface area contributed by atoms with E-state index < -0.39 is 0 Å². The summed E-state index contributed by atoms with van der Waals surface area (Å²) >= 11 is 5.26. The third-order valence-electron chi connectivity index (χ3n) is 3.69. The molecule has 0 spiro atoms. The Morgan fingerprint density at radius 3 is 2.40 bits per heavy atom. The van der Waals surface area contributed by atoms with E-state index in [9.17, 15) is 9.59 Å². The fourth-order valence-electron chi connectivity index (χ4n) is 2.65. The molecule has 4 nitrogen and oxygen atoms in total. The van der Waals surface area contributed by atoms with E-state index in [0.717, 1.165) is 29.1 Å². The van der Waals surface area contributed by atoms with E-state index in [-0.39, 0.29) is 17.9 Å². The van der Waals surface area contributed by atoms with Gasteiger partial charge in [0.2, 0.25) is 5.91 Å². The normalized spacial score (nSPS) is 24.4. The first-order valence-electron chi connectivity index (χ1n) is 6.61. The number of anilines is 1. The lowest BCUT2D eigenvalue weighted by Gasteiger charge is -2.30. The summed E-state index contributed by atoms with van der Waals surface area (Å²) in [5.41, 5.74) is 0.664. The fraction of sp³-hybridized carbons (Fsp3) is 0.429. The van der Waals surface area contributed by atoms with Gasteiger partial charge >= 0.3 is 0 Å². The van der Waals surface area contributed by atoms with Gasteiger partial charge in [-0.2, -0.15) is 11.8 Å². The largest absolute Gasteiger partial charge is 0.290 e. The van der Waals surface area contributed by atoms with Gasteiger partial charge in [-0.25, -0.2) is 4.90 Å². The minimum atomic E-state index is -0.271. The Hall–Kier alpha value is -0.850. The summed E-state index contributed by atoms with van der Waals surface area (Å²) < 4.78 is 0.935. The summed E-state index contributed by atoms with van der Waals surface area (Å²) in [5, 5.41) is 0. The molecule has 2 heterocycles. The van der Waals surface area contributed by atoms with Gasteiger partial charge in [0.15, 0.2) is 0 Å². The Kier molecular flexibility index (Phi) is 4.14. The molecule has 106 valence electrons. The van der Waals surface area contributed by atoms with Crippen molar-refractivity contribution in [2.75, 3.05) is 29.5 Å². The molecule has 1 aromatic rings. The van der Waals surface area contributed by atoms with E-state index in [1.165, 1.54) is 4.90 Å². The summed E-state index contributed by atoms with van der Waals surface area (Å²) in [7, 11) is 0. The minimum Gasteiger partial charge on any atom is -0.290 e. The third-order valence-corrected chi connectivity index (χ3v) is 5.17. The highest BCUT2D eigenvalue weighted by Crippen LogP contribution is 2.28. The molecule has 0 unspecified atom stereocenters. The van der Waals surface area contributed by atoms with Crippen LogP contribution in [0.25, 0.3) is 0 Å². The second-order valence-corrected chi connectivity index (χ2v) is 7.05. The highest BCUT2D eigenvalue weighted by molar-refractivity contribution is 9.10. The van der Waals surface area contributed by atoms with Gasteiger partial charge in [0.1, 0.15) is 0 Å². The molecular formula is C14H15BrN2O2S. The number of hydrogen-bond donors (Lipinski definition) is 0. The monoisotopic (exact) mass is 354 g/mol. The number of benzene rings is 1. The smallest absolute Gasteiger partial charge is 0.251 e. The lowest BCUT2D eigenvalue weighted by atomic mass is 10.2. The first kappa shape index (κ1) is 14.1. The second kappa shape index (κ2) is 5.87. The maximum absolute atomic E-state index is 12.5. The topological polar surface area (TPSA) is 40.6 Å². The average Bonchev–Trinajstić information content (AvgIpc) is 2.76. The Morgan fingerprint density at radius 2 is 1.75 bits per heavy atom. The van der Waals surface area contributed by atoms with Crippen LogP contribution in [-0.4, -0.2) is 47.4 Å². The number of imide groups is 1. The van der Waals surface area contributed by atoms with E-state index in [0.29, 0.717) is 12.1 Å². The van der Waals surface area contributed by atoms with Gasteiger partial charge in [0, 0.05) is 29.1 Å². The molecule has 20 heavy (non-hydrogen) atoms. The van der Waals surface area contributed by atoms with Crippen LogP contribution in [0.2, 0.25) is 0 Å². The average molecular weight is 355 g/mol. The van der Waals surface area contributed by atoms with Crippen molar-refractivity contribution >= 4 is 45.2 Å². The van der Waals surface area contributed by atoms with E-state index in [2.05, 4.69) is 20.8 Å². The van der Waals surface area contributed by atoms with E-state index in [1.54, 1.807) is 12.1 Å². The second-order valence-electron chi connectivity index (χ2n) is 4.91. The molecule has 2 fully saturated rings. The Labute approximate surface area is 130 Å². The van der Waals surface area contributed by atoms with Crippen molar-refractivity contribution in [3.8, 4) is 0 Å². The lowest BCUT2D eigenvalue weighted by molar-refractivity contribution is -0.122. The van der Waals surface area contributed by atoms with Crippen molar-refractivity contribution in [2.24, 2.45) is 0 Å². The van der Waals surface area contributed by atoms with Gasteiger partial charge in [-0.3, -0.25) is 14.5 Å². The first-order chi connectivity index (χ1) is 9.66. The number of halogens is 1. The standard InChI is InChI=1S/C14H15BrN2O2S/c15-10-1-3-11(4-2-10)17-13(18)9-12(14(17)19)16-5-7-20-8-6-16/h1-4,12H,5-9H2/t12-/m1/s1. The minimum absolute atomic E-state index is 0.0794. The van der Waals surface area contributed by atoms with Crippen LogP contribution >= 0.6 is 27.7 Å². The Balaban J connectivity index is 1.81. The zero-order chi connectivity index (χ0) is 14.1. The Morgan fingerprint density at radius 1 is 1.10 bits per heavy atom. The number of carbonyl (C=O) groups excluding carboxylic acids is 2. The zero-order valence-corrected chi connectivity index (χ0v) is 13.3. The van der Waals surface area contributed by atoms with Crippen molar-refractivity contribution in [1.82, 2.24) is 4.90 Å². The predicted octanol–water partition coefficient (Wildman–Crippen LogP) is 2.13. The van der Waals surface area contributed by atoms with Crippen molar-refractivity contribution in [1.29, 1.82) is 0 Å². The predicted molar refractivity (Wildman–Crippen MR) is 83.9 cm³/mol.